The minimum atomic E-state index is -0.542. The van der Waals surface area contributed by atoms with E-state index >= 15 is 0 Å². The average Bonchev–Trinajstić information content (AvgIpc) is 2.93. The van der Waals surface area contributed by atoms with Gasteiger partial charge in [-0.15, -0.1) is 0 Å². The third-order valence-corrected chi connectivity index (χ3v) is 5.11. The number of hydrogen-bond donors (Lipinski definition) is 0. The Morgan fingerprint density at radius 3 is 2.67 bits per heavy atom. The minimum absolute atomic E-state index is 0.0616. The second-order valence-electron chi connectivity index (χ2n) is 5.77. The molecule has 138 valence electrons. The number of amides is 1. The van der Waals surface area contributed by atoms with E-state index in [1.807, 2.05) is 37.3 Å². The lowest BCUT2D eigenvalue weighted by molar-refractivity contribution is -0.384. The highest BCUT2D eigenvalue weighted by Gasteiger charge is 2.32. The predicted octanol–water partition coefficient (Wildman–Crippen LogP) is 5.26. The van der Waals surface area contributed by atoms with Gasteiger partial charge in [0.1, 0.15) is 5.02 Å². The topological polar surface area (TPSA) is 75.8 Å². The number of aliphatic imine (C=N–C) groups is 1. The normalized spacial score (nSPS) is 17.1. The lowest BCUT2D eigenvalue weighted by Gasteiger charge is -2.13. The molecule has 1 aliphatic rings. The number of rotatable bonds is 5. The number of nitro benzene ring substituents is 1. The Kier molecular flexibility index (Phi) is 5.93. The number of hydrogen-bond acceptors (Lipinski definition) is 5. The van der Waals surface area contributed by atoms with Gasteiger partial charge < -0.3 is 0 Å². The molecule has 1 heterocycles. The number of benzene rings is 2. The fourth-order valence-corrected chi connectivity index (χ4v) is 3.75. The van der Waals surface area contributed by atoms with Crippen molar-refractivity contribution in [1.82, 2.24) is 4.90 Å². The first-order valence-corrected chi connectivity index (χ1v) is 9.48. The number of carbonyl (C=O) groups excluding carboxylic acids is 1. The molecule has 1 saturated heterocycles. The fraction of sp³-hybridized carbons (Fsp3) is 0.158. The Hall–Kier alpha value is -2.64. The van der Waals surface area contributed by atoms with Crippen LogP contribution in [0.3, 0.4) is 0 Å². The van der Waals surface area contributed by atoms with Crippen LogP contribution in [-0.4, -0.2) is 27.4 Å². The first kappa shape index (κ1) is 19.1. The fourth-order valence-electron chi connectivity index (χ4n) is 2.54. The molecule has 0 saturated carbocycles. The van der Waals surface area contributed by atoms with Crippen molar-refractivity contribution in [3.8, 4) is 0 Å². The molecule has 0 N–H and O–H groups in total. The summed E-state index contributed by atoms with van der Waals surface area (Å²) in [6.45, 7) is 2.54. The van der Waals surface area contributed by atoms with Crippen LogP contribution < -0.4 is 0 Å². The van der Waals surface area contributed by atoms with Crippen LogP contribution >= 0.6 is 23.4 Å². The first-order valence-electron chi connectivity index (χ1n) is 8.28. The third-order valence-electron chi connectivity index (χ3n) is 3.78. The van der Waals surface area contributed by atoms with E-state index < -0.39 is 4.92 Å². The van der Waals surface area contributed by atoms with Crippen LogP contribution in [0.4, 0.5) is 11.4 Å². The molecule has 0 spiro atoms. The summed E-state index contributed by atoms with van der Waals surface area (Å²) >= 11 is 7.11. The zero-order valence-corrected chi connectivity index (χ0v) is 16.0. The molecule has 27 heavy (non-hydrogen) atoms. The number of amidine groups is 1. The Labute approximate surface area is 165 Å². The van der Waals surface area contributed by atoms with Crippen molar-refractivity contribution in [2.75, 3.05) is 6.54 Å². The van der Waals surface area contributed by atoms with Crippen molar-refractivity contribution < 1.29 is 9.72 Å². The van der Waals surface area contributed by atoms with Crippen molar-refractivity contribution >= 4 is 51.9 Å². The van der Waals surface area contributed by atoms with Gasteiger partial charge in [0.25, 0.3) is 11.6 Å². The maximum atomic E-state index is 12.8. The maximum absolute atomic E-state index is 12.8. The van der Waals surface area contributed by atoms with Gasteiger partial charge in [-0.3, -0.25) is 19.8 Å². The standard InChI is InChI=1S/C19H16ClN3O3S/c1-2-10-22-18(24)17(27-19(22)21-14-6-4-3-5-7-14)12-13-8-9-15(20)16(11-13)23(25)26/h3-9,11-12H,2,10H2,1H3/b17-12-,21-19?. The Balaban J connectivity index is 1.96. The number of carbonyl (C=O) groups is 1. The Morgan fingerprint density at radius 2 is 2.00 bits per heavy atom. The van der Waals surface area contributed by atoms with Crippen molar-refractivity contribution in [2.24, 2.45) is 4.99 Å². The van der Waals surface area contributed by atoms with E-state index in [0.717, 1.165) is 12.1 Å². The molecule has 0 unspecified atom stereocenters. The number of halogens is 1. The smallest absolute Gasteiger partial charge is 0.286 e. The summed E-state index contributed by atoms with van der Waals surface area (Å²) in [5, 5.41) is 11.7. The largest absolute Gasteiger partial charge is 0.288 e. The van der Waals surface area contributed by atoms with E-state index in [-0.39, 0.29) is 16.6 Å². The highest BCUT2D eigenvalue weighted by Crippen LogP contribution is 2.35. The van der Waals surface area contributed by atoms with Gasteiger partial charge in [0.15, 0.2) is 5.17 Å². The molecule has 1 aliphatic heterocycles. The van der Waals surface area contributed by atoms with Crippen LogP contribution in [0, 0.1) is 10.1 Å². The van der Waals surface area contributed by atoms with Crippen LogP contribution in [0.1, 0.15) is 18.9 Å². The van der Waals surface area contributed by atoms with Crippen molar-refractivity contribution in [2.45, 2.75) is 13.3 Å². The van der Waals surface area contributed by atoms with Gasteiger partial charge in [-0.1, -0.05) is 42.8 Å². The highest BCUT2D eigenvalue weighted by atomic mass is 35.5. The molecule has 2 aromatic carbocycles. The van der Waals surface area contributed by atoms with Gasteiger partial charge in [-0.25, -0.2) is 4.99 Å². The van der Waals surface area contributed by atoms with Gasteiger partial charge in [-0.05, 0) is 48.0 Å². The van der Waals surface area contributed by atoms with E-state index in [4.69, 9.17) is 11.6 Å². The zero-order valence-electron chi connectivity index (χ0n) is 14.5. The molecule has 0 atom stereocenters. The molecule has 3 rings (SSSR count). The zero-order chi connectivity index (χ0) is 19.4. The minimum Gasteiger partial charge on any atom is -0.286 e. The Bertz CT molecular complexity index is 944. The van der Waals surface area contributed by atoms with Crippen LogP contribution in [0.2, 0.25) is 5.02 Å². The molecule has 0 radical (unpaired) electrons. The predicted molar refractivity (Wildman–Crippen MR) is 109 cm³/mol. The summed E-state index contributed by atoms with van der Waals surface area (Å²) in [5.74, 6) is -0.158. The molecule has 0 bridgehead atoms. The van der Waals surface area contributed by atoms with Gasteiger partial charge in [0.2, 0.25) is 0 Å². The summed E-state index contributed by atoms with van der Waals surface area (Å²) in [7, 11) is 0. The summed E-state index contributed by atoms with van der Waals surface area (Å²) in [4.78, 5) is 30.0. The average molecular weight is 402 g/mol. The van der Waals surface area contributed by atoms with Crippen molar-refractivity contribution in [3.63, 3.8) is 0 Å². The number of nitrogens with zero attached hydrogens (tertiary/aromatic N) is 3. The molecular formula is C19H16ClN3O3S. The summed E-state index contributed by atoms with van der Waals surface area (Å²) < 4.78 is 0. The van der Waals surface area contributed by atoms with Crippen LogP contribution in [-0.2, 0) is 4.79 Å². The molecule has 6 nitrogen and oxygen atoms in total. The second-order valence-corrected chi connectivity index (χ2v) is 7.18. The van der Waals surface area contributed by atoms with E-state index in [1.54, 1.807) is 17.0 Å². The molecule has 2 aromatic rings. The number of para-hydroxylation sites is 1. The van der Waals surface area contributed by atoms with E-state index in [2.05, 4.69) is 4.99 Å². The van der Waals surface area contributed by atoms with E-state index in [1.165, 1.54) is 23.9 Å². The molecule has 1 amide bonds. The summed E-state index contributed by atoms with van der Waals surface area (Å²) in [6.07, 6.45) is 2.42. The Morgan fingerprint density at radius 1 is 1.26 bits per heavy atom. The van der Waals surface area contributed by atoms with Gasteiger partial charge in [0.05, 0.1) is 15.5 Å². The van der Waals surface area contributed by atoms with Crippen molar-refractivity contribution in [3.05, 3.63) is 74.1 Å². The maximum Gasteiger partial charge on any atom is 0.288 e. The second kappa shape index (κ2) is 8.37. The quantitative estimate of drug-likeness (QED) is 0.389. The van der Waals surface area contributed by atoms with E-state index in [0.29, 0.717) is 22.2 Å². The lowest BCUT2D eigenvalue weighted by atomic mass is 10.2. The molecule has 8 heteroatoms. The third kappa shape index (κ3) is 4.37. The molecule has 0 aliphatic carbocycles. The van der Waals surface area contributed by atoms with Crippen molar-refractivity contribution in [1.29, 1.82) is 0 Å². The lowest BCUT2D eigenvalue weighted by Crippen LogP contribution is -2.29. The van der Waals surface area contributed by atoms with Crippen LogP contribution in [0.25, 0.3) is 6.08 Å². The van der Waals surface area contributed by atoms with Gasteiger partial charge >= 0.3 is 0 Å². The summed E-state index contributed by atoms with van der Waals surface area (Å²) in [5.41, 5.74) is 1.11. The first-order chi connectivity index (χ1) is 13.0. The molecule has 0 aromatic heterocycles. The number of thioether (sulfide) groups is 1. The SMILES string of the molecule is CCCN1C(=O)/C(=C/c2ccc(Cl)c([N+](=O)[O-])c2)SC1=Nc1ccccc1. The van der Waals surface area contributed by atoms with E-state index in [9.17, 15) is 14.9 Å². The van der Waals surface area contributed by atoms with Gasteiger partial charge in [0, 0.05) is 12.6 Å². The number of nitro groups is 1. The van der Waals surface area contributed by atoms with Crippen LogP contribution in [0.5, 0.6) is 0 Å². The van der Waals surface area contributed by atoms with Gasteiger partial charge in [-0.2, -0.15) is 0 Å². The summed E-state index contributed by atoms with van der Waals surface area (Å²) in [6, 6.07) is 13.9. The molecular weight excluding hydrogens is 386 g/mol. The van der Waals surface area contributed by atoms with Crippen LogP contribution in [0.15, 0.2) is 58.4 Å². The highest BCUT2D eigenvalue weighted by molar-refractivity contribution is 8.18. The molecule has 1 fully saturated rings. The monoisotopic (exact) mass is 401 g/mol.